The van der Waals surface area contributed by atoms with E-state index in [0.717, 1.165) is 50.1 Å². The number of thiophene rings is 1. The molecular weight excluding hydrogens is 412 g/mol. The maximum absolute atomic E-state index is 12.6. The predicted octanol–water partition coefficient (Wildman–Crippen LogP) is 0.779. The topological polar surface area (TPSA) is 113 Å². The Bertz CT molecular complexity index is 818. The fourth-order valence-electron chi connectivity index (χ4n) is 3.89. The van der Waals surface area contributed by atoms with Gasteiger partial charge in [0.2, 0.25) is 11.8 Å². The van der Waals surface area contributed by atoms with Crippen LogP contribution in [0.1, 0.15) is 37.0 Å². The van der Waals surface area contributed by atoms with Crippen LogP contribution in [0.25, 0.3) is 0 Å². The lowest BCUT2D eigenvalue weighted by Gasteiger charge is -2.31. The zero-order valence-corrected chi connectivity index (χ0v) is 18.3. The number of nitrogens with one attached hydrogen (secondary N) is 1. The van der Waals surface area contributed by atoms with Gasteiger partial charge in [0.25, 0.3) is 10.0 Å². The molecule has 0 aliphatic carbocycles. The van der Waals surface area contributed by atoms with E-state index in [2.05, 4.69) is 10.2 Å². The second kappa shape index (κ2) is 10.0. The van der Waals surface area contributed by atoms with Crippen LogP contribution in [0.3, 0.4) is 0 Å². The third-order valence-corrected chi connectivity index (χ3v) is 8.96. The van der Waals surface area contributed by atoms with E-state index in [9.17, 15) is 18.0 Å². The molecule has 3 rings (SSSR count). The average Bonchev–Trinajstić information content (AvgIpc) is 3.38. The molecule has 2 saturated heterocycles. The SMILES string of the molecule is NC(=O)C1CCCN(CCCNC(=O)Cc2ccc(S(=O)(=O)N3CCCC3)s2)C1. The fourth-order valence-corrected chi connectivity index (χ4v) is 6.92. The van der Waals surface area contributed by atoms with Crippen LogP contribution < -0.4 is 11.1 Å². The number of carbonyl (C=O) groups is 2. The van der Waals surface area contributed by atoms with Crippen molar-refractivity contribution in [2.75, 3.05) is 39.3 Å². The van der Waals surface area contributed by atoms with Crippen molar-refractivity contribution in [2.24, 2.45) is 11.7 Å². The van der Waals surface area contributed by atoms with Crippen LogP contribution >= 0.6 is 11.3 Å². The maximum Gasteiger partial charge on any atom is 0.252 e. The zero-order valence-electron chi connectivity index (χ0n) is 16.6. The summed E-state index contributed by atoms with van der Waals surface area (Å²) in [6.07, 6.45) is 4.63. The summed E-state index contributed by atoms with van der Waals surface area (Å²) in [6, 6.07) is 3.33. The number of nitrogens with zero attached hydrogens (tertiary/aromatic N) is 2. The van der Waals surface area contributed by atoms with Gasteiger partial charge < -0.3 is 16.0 Å². The summed E-state index contributed by atoms with van der Waals surface area (Å²) in [4.78, 5) is 26.5. The Balaban J connectivity index is 1.39. The lowest BCUT2D eigenvalue weighted by atomic mass is 9.97. The van der Waals surface area contributed by atoms with Crippen molar-refractivity contribution in [3.8, 4) is 0 Å². The van der Waals surface area contributed by atoms with Gasteiger partial charge in [0.15, 0.2) is 0 Å². The molecular formula is C19H30N4O4S2. The third kappa shape index (κ3) is 6.00. The number of rotatable bonds is 9. The summed E-state index contributed by atoms with van der Waals surface area (Å²) in [5.41, 5.74) is 5.40. The molecule has 1 atom stereocenters. The second-order valence-electron chi connectivity index (χ2n) is 7.75. The number of hydrogen-bond acceptors (Lipinski definition) is 6. The number of sulfonamides is 1. The summed E-state index contributed by atoms with van der Waals surface area (Å²) in [7, 11) is -3.42. The maximum atomic E-state index is 12.6. The first-order chi connectivity index (χ1) is 13.9. The minimum Gasteiger partial charge on any atom is -0.369 e. The molecule has 2 aliphatic heterocycles. The van der Waals surface area contributed by atoms with Crippen LogP contribution in [0, 0.1) is 5.92 Å². The van der Waals surface area contributed by atoms with Crippen LogP contribution in [-0.4, -0.2) is 68.7 Å². The van der Waals surface area contributed by atoms with E-state index in [1.807, 2.05) is 0 Å². The lowest BCUT2D eigenvalue weighted by Crippen LogP contribution is -2.42. The van der Waals surface area contributed by atoms with E-state index < -0.39 is 10.0 Å². The van der Waals surface area contributed by atoms with E-state index in [0.29, 0.717) is 30.4 Å². The number of hydrogen-bond donors (Lipinski definition) is 2. The molecule has 0 bridgehead atoms. The summed E-state index contributed by atoms with van der Waals surface area (Å²) in [5.74, 6) is -0.404. The summed E-state index contributed by atoms with van der Waals surface area (Å²) in [5, 5.41) is 2.90. The molecule has 8 nitrogen and oxygen atoms in total. The molecule has 29 heavy (non-hydrogen) atoms. The molecule has 3 N–H and O–H groups in total. The molecule has 1 aromatic rings. The van der Waals surface area contributed by atoms with Gasteiger partial charge in [-0.05, 0) is 57.3 Å². The highest BCUT2D eigenvalue weighted by Crippen LogP contribution is 2.27. The van der Waals surface area contributed by atoms with E-state index in [1.54, 1.807) is 12.1 Å². The molecule has 0 saturated carbocycles. The molecule has 2 fully saturated rings. The van der Waals surface area contributed by atoms with Crippen molar-refractivity contribution in [3.63, 3.8) is 0 Å². The van der Waals surface area contributed by atoms with Crippen molar-refractivity contribution in [1.82, 2.24) is 14.5 Å². The largest absolute Gasteiger partial charge is 0.369 e. The predicted molar refractivity (Wildman–Crippen MR) is 112 cm³/mol. The molecule has 10 heteroatoms. The van der Waals surface area contributed by atoms with Crippen molar-refractivity contribution >= 4 is 33.2 Å². The summed E-state index contributed by atoms with van der Waals surface area (Å²) < 4.78 is 27.0. The number of amides is 2. The lowest BCUT2D eigenvalue weighted by molar-refractivity contribution is -0.123. The van der Waals surface area contributed by atoms with Crippen LogP contribution in [-0.2, 0) is 26.0 Å². The van der Waals surface area contributed by atoms with Gasteiger partial charge in [-0.2, -0.15) is 4.31 Å². The van der Waals surface area contributed by atoms with Gasteiger partial charge >= 0.3 is 0 Å². The number of likely N-dealkylation sites (tertiary alicyclic amines) is 1. The highest BCUT2D eigenvalue weighted by molar-refractivity contribution is 7.91. The van der Waals surface area contributed by atoms with Gasteiger partial charge in [-0.25, -0.2) is 8.42 Å². The molecule has 1 aromatic heterocycles. The van der Waals surface area contributed by atoms with Crippen molar-refractivity contribution < 1.29 is 18.0 Å². The van der Waals surface area contributed by atoms with Gasteiger partial charge in [0, 0.05) is 31.1 Å². The molecule has 2 aliphatic rings. The Kier molecular flexibility index (Phi) is 7.66. The average molecular weight is 443 g/mol. The smallest absolute Gasteiger partial charge is 0.252 e. The van der Waals surface area contributed by atoms with Gasteiger partial charge in [0.05, 0.1) is 12.3 Å². The molecule has 3 heterocycles. The van der Waals surface area contributed by atoms with E-state index in [1.165, 1.54) is 15.6 Å². The first kappa shape index (κ1) is 22.2. The van der Waals surface area contributed by atoms with Gasteiger partial charge in [0.1, 0.15) is 4.21 Å². The Labute approximate surface area is 176 Å². The Hall–Kier alpha value is -1.49. The van der Waals surface area contributed by atoms with Gasteiger partial charge in [-0.15, -0.1) is 11.3 Å². The van der Waals surface area contributed by atoms with E-state index in [4.69, 9.17) is 5.73 Å². The minimum atomic E-state index is -3.42. The molecule has 0 spiro atoms. The molecule has 0 radical (unpaired) electrons. The molecule has 1 unspecified atom stereocenters. The zero-order chi connectivity index (χ0) is 20.9. The van der Waals surface area contributed by atoms with Crippen LogP contribution in [0.15, 0.2) is 16.3 Å². The van der Waals surface area contributed by atoms with Crippen molar-refractivity contribution in [1.29, 1.82) is 0 Å². The highest BCUT2D eigenvalue weighted by Gasteiger charge is 2.28. The van der Waals surface area contributed by atoms with E-state index >= 15 is 0 Å². The van der Waals surface area contributed by atoms with Crippen LogP contribution in [0.5, 0.6) is 0 Å². The Morgan fingerprint density at radius 3 is 2.66 bits per heavy atom. The normalized spacial score (nSPS) is 21.3. The summed E-state index contributed by atoms with van der Waals surface area (Å²) >= 11 is 1.18. The van der Waals surface area contributed by atoms with Gasteiger partial charge in [-0.3, -0.25) is 9.59 Å². The Morgan fingerprint density at radius 1 is 1.17 bits per heavy atom. The number of nitrogens with two attached hydrogens (primary N) is 1. The Morgan fingerprint density at radius 2 is 1.93 bits per heavy atom. The highest BCUT2D eigenvalue weighted by atomic mass is 32.2. The number of carbonyl (C=O) groups excluding carboxylic acids is 2. The number of piperidine rings is 1. The van der Waals surface area contributed by atoms with E-state index in [-0.39, 0.29) is 24.2 Å². The second-order valence-corrected chi connectivity index (χ2v) is 11.1. The molecule has 162 valence electrons. The third-order valence-electron chi connectivity index (χ3n) is 5.51. The first-order valence-electron chi connectivity index (χ1n) is 10.2. The van der Waals surface area contributed by atoms with Crippen molar-refractivity contribution in [3.05, 3.63) is 17.0 Å². The fraction of sp³-hybridized carbons (Fsp3) is 0.684. The monoisotopic (exact) mass is 442 g/mol. The quantitative estimate of drug-likeness (QED) is 0.549. The molecule has 0 aromatic carbocycles. The number of primary amides is 1. The van der Waals surface area contributed by atoms with Crippen LogP contribution in [0.2, 0.25) is 0 Å². The van der Waals surface area contributed by atoms with Crippen molar-refractivity contribution in [2.45, 2.75) is 42.7 Å². The molecule has 2 amide bonds. The van der Waals surface area contributed by atoms with Crippen LogP contribution in [0.4, 0.5) is 0 Å². The van der Waals surface area contributed by atoms with Gasteiger partial charge in [-0.1, -0.05) is 0 Å². The first-order valence-corrected chi connectivity index (χ1v) is 12.5. The summed E-state index contributed by atoms with van der Waals surface area (Å²) in [6.45, 7) is 4.19. The minimum absolute atomic E-state index is 0.0665. The standard InChI is InChI=1S/C19H30N4O4S2/c20-19(25)15-5-3-9-22(14-15)10-4-8-21-17(24)13-16-6-7-18(28-16)29(26,27)23-11-1-2-12-23/h6-7,15H,1-5,8-14H2,(H2,20,25)(H,21,24).